The summed E-state index contributed by atoms with van der Waals surface area (Å²) in [5, 5.41) is 10.4. The van der Waals surface area contributed by atoms with Crippen LogP contribution >= 0.6 is 0 Å². The molecule has 0 spiro atoms. The third-order valence-corrected chi connectivity index (χ3v) is 11.2. The van der Waals surface area contributed by atoms with E-state index in [2.05, 4.69) is 27.6 Å². The number of nitrogens with two attached hydrogens (primary N) is 3. The lowest BCUT2D eigenvalue weighted by atomic mass is 9.96. The molecule has 0 saturated heterocycles. The number of esters is 2. The number of nitrogens with one attached hydrogen (secondary N) is 3. The summed E-state index contributed by atoms with van der Waals surface area (Å²) >= 11 is 0. The molecule has 2 aliphatic rings. The Morgan fingerprint density at radius 1 is 0.571 bits per heavy atom. The van der Waals surface area contributed by atoms with Crippen LogP contribution in [0.3, 0.4) is 0 Å². The highest BCUT2D eigenvalue weighted by molar-refractivity contribution is 5.92. The molecule has 5 rings (SSSR count). The van der Waals surface area contributed by atoms with Crippen LogP contribution in [0.25, 0.3) is 0 Å². The molecule has 0 unspecified atom stereocenters. The van der Waals surface area contributed by atoms with Gasteiger partial charge in [0.1, 0.15) is 6.29 Å². The van der Waals surface area contributed by atoms with Gasteiger partial charge in [-0.15, -0.1) is 0 Å². The number of nitrogen functional groups attached to an aromatic ring is 3. The molecule has 352 valence electrons. The van der Waals surface area contributed by atoms with Crippen molar-refractivity contribution in [3.8, 4) is 0 Å². The lowest BCUT2D eigenvalue weighted by Crippen LogP contribution is -2.21. The number of aldehydes is 1. The van der Waals surface area contributed by atoms with E-state index in [1.165, 1.54) is 122 Å². The van der Waals surface area contributed by atoms with Crippen LogP contribution in [0.15, 0.2) is 54.6 Å². The number of hydrogen-bond acceptors (Lipinski definition) is 12. The van der Waals surface area contributed by atoms with Gasteiger partial charge < -0.3 is 47.4 Å². The average molecular weight is 875 g/mol. The van der Waals surface area contributed by atoms with Crippen molar-refractivity contribution in [3.63, 3.8) is 0 Å². The Labute approximate surface area is 379 Å². The Bertz CT molecular complexity index is 1700. The van der Waals surface area contributed by atoms with Crippen molar-refractivity contribution in [3.05, 3.63) is 71.3 Å². The molecule has 0 heterocycles. The molecule has 0 aromatic heterocycles. The normalized spacial score (nSPS) is 14.2. The molecule has 2 saturated carbocycles. The Kier molecular flexibility index (Phi) is 28.9. The first-order valence-electron chi connectivity index (χ1n) is 23.8. The number of methoxy groups -OCH3 is 1. The topological polar surface area (TPSA) is 193 Å². The predicted octanol–water partition coefficient (Wildman–Crippen LogP) is 12.1. The van der Waals surface area contributed by atoms with Gasteiger partial charge in [-0.1, -0.05) is 96.8 Å². The highest BCUT2D eigenvalue weighted by Crippen LogP contribution is 2.27. The Morgan fingerprint density at radius 3 is 1.38 bits per heavy atom. The van der Waals surface area contributed by atoms with Gasteiger partial charge in [-0.2, -0.15) is 0 Å². The molecule has 0 amide bonds. The summed E-state index contributed by atoms with van der Waals surface area (Å²) in [7, 11) is 1.68. The van der Waals surface area contributed by atoms with Crippen LogP contribution in [0.5, 0.6) is 0 Å². The summed E-state index contributed by atoms with van der Waals surface area (Å²) in [5.41, 5.74) is 24.3. The van der Waals surface area contributed by atoms with Crippen LogP contribution in [0.2, 0.25) is 0 Å². The maximum atomic E-state index is 11.7. The molecule has 9 N–H and O–H groups in total. The summed E-state index contributed by atoms with van der Waals surface area (Å²) in [6, 6.07) is 17.1. The maximum Gasteiger partial charge on any atom is 0.338 e. The number of benzene rings is 3. The maximum absolute atomic E-state index is 11.7. The smallest absolute Gasteiger partial charge is 0.338 e. The zero-order valence-electron chi connectivity index (χ0n) is 39.4. The number of rotatable bonds is 18. The molecule has 0 aliphatic heterocycles. The van der Waals surface area contributed by atoms with Crippen molar-refractivity contribution < 1.29 is 28.6 Å². The van der Waals surface area contributed by atoms with Gasteiger partial charge in [-0.25, -0.2) is 9.59 Å². The zero-order chi connectivity index (χ0) is 46.1. The van der Waals surface area contributed by atoms with Gasteiger partial charge >= 0.3 is 11.9 Å². The van der Waals surface area contributed by atoms with E-state index in [0.29, 0.717) is 59.0 Å². The van der Waals surface area contributed by atoms with Crippen LogP contribution in [-0.2, 0) is 14.2 Å². The predicted molar refractivity (Wildman–Crippen MR) is 264 cm³/mol. The van der Waals surface area contributed by atoms with E-state index in [1.54, 1.807) is 57.4 Å². The van der Waals surface area contributed by atoms with Crippen molar-refractivity contribution >= 4 is 52.3 Å². The van der Waals surface area contributed by atoms with Crippen LogP contribution in [0.4, 0.5) is 34.1 Å². The molecule has 0 radical (unpaired) electrons. The summed E-state index contributed by atoms with van der Waals surface area (Å²) in [6.45, 7) is 10.3. The lowest BCUT2D eigenvalue weighted by Gasteiger charge is -2.23. The van der Waals surface area contributed by atoms with Gasteiger partial charge in [0.05, 0.1) is 58.5 Å². The highest BCUT2D eigenvalue weighted by atomic mass is 16.5. The SMILES string of the molecule is CCCCCCCCNc1ccc(C=O)cc1N.CCOC.CCOC(=O)c1ccc(NC2CCCCCC2)c(N)c1.CCOC(=O)c1ccc(NC2CCCCCCC2)c(N)c1. The summed E-state index contributed by atoms with van der Waals surface area (Å²) < 4.78 is 14.5. The first-order valence-corrected chi connectivity index (χ1v) is 23.8. The third kappa shape index (κ3) is 22.8. The van der Waals surface area contributed by atoms with Crippen molar-refractivity contribution in [1.82, 2.24) is 0 Å². The molecule has 0 bridgehead atoms. The fraction of sp³-hybridized carbons (Fsp3) is 0.588. The average Bonchev–Trinajstić information content (AvgIpc) is 3.55. The van der Waals surface area contributed by atoms with Crippen LogP contribution < -0.4 is 33.2 Å². The fourth-order valence-electron chi connectivity index (χ4n) is 7.48. The summed E-state index contributed by atoms with van der Waals surface area (Å²) in [5.74, 6) is -0.637. The molecule has 0 atom stereocenters. The lowest BCUT2D eigenvalue weighted by molar-refractivity contribution is 0.0517. The number of unbranched alkanes of at least 4 members (excludes halogenated alkanes) is 5. The highest BCUT2D eigenvalue weighted by Gasteiger charge is 2.16. The molecule has 63 heavy (non-hydrogen) atoms. The fourth-order valence-corrected chi connectivity index (χ4v) is 7.48. The minimum atomic E-state index is -0.319. The van der Waals surface area contributed by atoms with Gasteiger partial charge in [0.15, 0.2) is 0 Å². The molecular weight excluding hydrogens is 793 g/mol. The van der Waals surface area contributed by atoms with Crippen molar-refractivity contribution in [2.24, 2.45) is 0 Å². The number of anilines is 6. The minimum absolute atomic E-state index is 0.318. The molecule has 12 nitrogen and oxygen atoms in total. The number of ether oxygens (including phenoxy) is 3. The number of hydrogen-bond donors (Lipinski definition) is 6. The first kappa shape index (κ1) is 54.2. The quantitative estimate of drug-likeness (QED) is 0.0233. The number of carbonyl (C=O) groups excluding carboxylic acids is 3. The second-order valence-corrected chi connectivity index (χ2v) is 16.3. The Morgan fingerprint density at radius 2 is 0.984 bits per heavy atom. The second kappa shape index (κ2) is 33.6. The molecule has 2 aliphatic carbocycles. The van der Waals surface area contributed by atoms with E-state index in [-0.39, 0.29) is 11.9 Å². The van der Waals surface area contributed by atoms with Crippen LogP contribution in [-0.4, -0.2) is 63.8 Å². The van der Waals surface area contributed by atoms with E-state index in [1.807, 2.05) is 25.1 Å². The van der Waals surface area contributed by atoms with Crippen LogP contribution in [0.1, 0.15) is 181 Å². The standard InChI is InChI=1S/C17H26N2O2.C16H24N2O2.C15H24N2O.C3H8O/c1-2-21-17(20)13-10-11-16(15(18)12-13)19-14-8-6-4-3-5-7-9-14;1-2-20-16(19)12-9-10-15(14(17)11-12)18-13-7-5-3-4-6-8-13;1-2-3-4-5-6-7-10-17-15-9-8-13(12-18)11-14(15)16;1-3-4-2/h10-12,14,19H,2-9,18H2,1H3;9-11,13,18H,2-8,17H2,1H3;8-9,11-12,17H,2-7,10,16H2,1H3;3H2,1-2H3. The van der Waals surface area contributed by atoms with Crippen LogP contribution in [0, 0.1) is 0 Å². The molecular formula is C51H82N6O6. The van der Waals surface area contributed by atoms with E-state index in [9.17, 15) is 14.4 Å². The first-order chi connectivity index (χ1) is 30.6. The Balaban J connectivity index is 0.000000312. The molecule has 2 fully saturated rings. The number of carbonyl (C=O) groups is 3. The zero-order valence-corrected chi connectivity index (χ0v) is 39.4. The van der Waals surface area contributed by atoms with E-state index >= 15 is 0 Å². The van der Waals surface area contributed by atoms with Crippen molar-refractivity contribution in [2.75, 3.05) is 66.6 Å². The Hall–Kier alpha value is -4.97. The van der Waals surface area contributed by atoms with E-state index < -0.39 is 0 Å². The van der Waals surface area contributed by atoms with Crippen molar-refractivity contribution in [2.45, 2.75) is 162 Å². The van der Waals surface area contributed by atoms with E-state index in [0.717, 1.165) is 36.5 Å². The largest absolute Gasteiger partial charge is 0.462 e. The monoisotopic (exact) mass is 875 g/mol. The molecule has 3 aromatic rings. The van der Waals surface area contributed by atoms with Gasteiger partial charge in [0, 0.05) is 37.9 Å². The molecule has 12 heteroatoms. The van der Waals surface area contributed by atoms with Gasteiger partial charge in [0.25, 0.3) is 0 Å². The second-order valence-electron chi connectivity index (χ2n) is 16.3. The van der Waals surface area contributed by atoms with E-state index in [4.69, 9.17) is 26.7 Å². The minimum Gasteiger partial charge on any atom is -0.462 e. The van der Waals surface area contributed by atoms with Gasteiger partial charge in [-0.3, -0.25) is 4.79 Å². The van der Waals surface area contributed by atoms with Gasteiger partial charge in [0.2, 0.25) is 0 Å². The summed E-state index contributed by atoms with van der Waals surface area (Å²) in [6.07, 6.45) is 25.1. The van der Waals surface area contributed by atoms with Crippen molar-refractivity contribution in [1.29, 1.82) is 0 Å². The van der Waals surface area contributed by atoms with Gasteiger partial charge in [-0.05, 0) is 107 Å². The molecule has 3 aromatic carbocycles. The summed E-state index contributed by atoms with van der Waals surface area (Å²) in [4.78, 5) is 33.9. The third-order valence-electron chi connectivity index (χ3n) is 11.2.